The summed E-state index contributed by atoms with van der Waals surface area (Å²) in [5.41, 5.74) is 4.02. The van der Waals surface area contributed by atoms with Crippen molar-refractivity contribution in [2.45, 2.75) is 50.7 Å². The highest BCUT2D eigenvalue weighted by Crippen LogP contribution is 2.37. The molecule has 0 saturated heterocycles. The van der Waals surface area contributed by atoms with Crippen LogP contribution in [0.15, 0.2) is 22.9 Å². The van der Waals surface area contributed by atoms with E-state index in [1.807, 2.05) is 13.1 Å². The maximum absolute atomic E-state index is 6.07. The molecule has 0 aliphatic heterocycles. The molecule has 19 heavy (non-hydrogen) atoms. The molecule has 0 radical (unpaired) electrons. The van der Waals surface area contributed by atoms with Crippen molar-refractivity contribution in [2.24, 2.45) is 5.84 Å². The molecule has 1 aromatic rings. The summed E-state index contributed by atoms with van der Waals surface area (Å²) >= 11 is 3.46. The van der Waals surface area contributed by atoms with Gasteiger partial charge in [0, 0.05) is 23.5 Å². The molecule has 106 valence electrons. The molecule has 1 saturated carbocycles. The third kappa shape index (κ3) is 3.54. The van der Waals surface area contributed by atoms with Gasteiger partial charge in [0.05, 0.1) is 11.6 Å². The Balaban J connectivity index is 2.14. The fraction of sp³-hybridized carbons (Fsp3) is 0.643. The standard InChI is InChI=1S/C14H22BrN3O/c1-2-19-14(5-3-4-6-14)13(18-16)8-11-7-12(15)10-17-9-11/h7,9-10,13,18H,2-6,8,16H2,1H3. The molecule has 0 aromatic carbocycles. The Morgan fingerprint density at radius 3 is 2.79 bits per heavy atom. The van der Waals surface area contributed by atoms with Gasteiger partial charge in [-0.2, -0.15) is 0 Å². The van der Waals surface area contributed by atoms with Crippen molar-refractivity contribution >= 4 is 15.9 Å². The van der Waals surface area contributed by atoms with E-state index in [-0.39, 0.29) is 11.6 Å². The summed E-state index contributed by atoms with van der Waals surface area (Å²) in [6.45, 7) is 2.78. The van der Waals surface area contributed by atoms with E-state index in [0.29, 0.717) is 0 Å². The first-order chi connectivity index (χ1) is 9.20. The Bertz CT molecular complexity index is 407. The number of rotatable bonds is 6. The van der Waals surface area contributed by atoms with Gasteiger partial charge in [0.1, 0.15) is 0 Å². The van der Waals surface area contributed by atoms with Gasteiger partial charge in [-0.15, -0.1) is 0 Å². The smallest absolute Gasteiger partial charge is 0.0851 e. The first-order valence-electron chi connectivity index (χ1n) is 6.89. The normalized spacial score (nSPS) is 19.5. The summed E-state index contributed by atoms with van der Waals surface area (Å²) in [6, 6.07) is 2.22. The number of aromatic nitrogens is 1. The molecule has 1 aliphatic carbocycles. The lowest BCUT2D eigenvalue weighted by Gasteiger charge is -2.37. The average molecular weight is 328 g/mol. The molecular formula is C14H22BrN3O. The molecule has 1 aliphatic rings. The van der Waals surface area contributed by atoms with Crippen molar-refractivity contribution in [3.05, 3.63) is 28.5 Å². The van der Waals surface area contributed by atoms with Crippen molar-refractivity contribution in [3.63, 3.8) is 0 Å². The Hall–Kier alpha value is -0.490. The van der Waals surface area contributed by atoms with E-state index in [1.54, 1.807) is 6.20 Å². The van der Waals surface area contributed by atoms with Gasteiger partial charge >= 0.3 is 0 Å². The van der Waals surface area contributed by atoms with Crippen molar-refractivity contribution in [1.29, 1.82) is 0 Å². The summed E-state index contributed by atoms with van der Waals surface area (Å²) < 4.78 is 7.07. The number of hydrogen-bond donors (Lipinski definition) is 2. The number of nitrogens with zero attached hydrogens (tertiary/aromatic N) is 1. The fourth-order valence-corrected chi connectivity index (χ4v) is 3.47. The summed E-state index contributed by atoms with van der Waals surface area (Å²) in [5, 5.41) is 0. The Morgan fingerprint density at radius 2 is 2.21 bits per heavy atom. The van der Waals surface area contributed by atoms with Crippen LogP contribution in [0.2, 0.25) is 0 Å². The van der Waals surface area contributed by atoms with Gasteiger partial charge in [-0.3, -0.25) is 16.3 Å². The molecule has 1 unspecified atom stereocenters. The third-order valence-electron chi connectivity index (χ3n) is 3.92. The van der Waals surface area contributed by atoms with Crippen molar-refractivity contribution in [2.75, 3.05) is 6.61 Å². The minimum atomic E-state index is -0.119. The molecule has 0 spiro atoms. The van der Waals surface area contributed by atoms with E-state index in [0.717, 1.165) is 30.3 Å². The maximum Gasteiger partial charge on any atom is 0.0851 e. The van der Waals surface area contributed by atoms with Gasteiger partial charge in [0.2, 0.25) is 0 Å². The number of hydrogen-bond acceptors (Lipinski definition) is 4. The van der Waals surface area contributed by atoms with E-state index in [9.17, 15) is 0 Å². The topological polar surface area (TPSA) is 60.2 Å². The zero-order valence-electron chi connectivity index (χ0n) is 11.4. The van der Waals surface area contributed by atoms with E-state index < -0.39 is 0 Å². The van der Waals surface area contributed by atoms with Crippen LogP contribution in [-0.2, 0) is 11.2 Å². The van der Waals surface area contributed by atoms with Crippen molar-refractivity contribution < 1.29 is 4.74 Å². The van der Waals surface area contributed by atoms with Gasteiger partial charge in [-0.1, -0.05) is 12.8 Å². The molecule has 1 fully saturated rings. The first-order valence-corrected chi connectivity index (χ1v) is 7.69. The number of nitrogens with one attached hydrogen (secondary N) is 1. The first kappa shape index (κ1) is 14.9. The van der Waals surface area contributed by atoms with Gasteiger partial charge in [0.25, 0.3) is 0 Å². The van der Waals surface area contributed by atoms with E-state index in [2.05, 4.69) is 32.4 Å². The van der Waals surface area contributed by atoms with Crippen LogP contribution in [0, 0.1) is 0 Å². The third-order valence-corrected chi connectivity index (χ3v) is 4.35. The molecule has 2 rings (SSSR count). The lowest BCUT2D eigenvalue weighted by Crippen LogP contribution is -2.54. The number of nitrogens with two attached hydrogens (primary N) is 1. The number of pyridine rings is 1. The Labute approximate surface area is 123 Å². The maximum atomic E-state index is 6.07. The fourth-order valence-electron chi connectivity index (χ4n) is 3.05. The Kier molecular flexibility index (Phi) is 5.33. The van der Waals surface area contributed by atoms with Crippen LogP contribution in [0.4, 0.5) is 0 Å². The number of ether oxygens (including phenoxy) is 1. The van der Waals surface area contributed by atoms with Crippen LogP contribution >= 0.6 is 15.9 Å². The largest absolute Gasteiger partial charge is 0.374 e. The second kappa shape index (κ2) is 6.79. The van der Waals surface area contributed by atoms with Gasteiger partial charge in [0.15, 0.2) is 0 Å². The second-order valence-corrected chi connectivity index (χ2v) is 6.06. The molecule has 0 amide bonds. The van der Waals surface area contributed by atoms with Crippen molar-refractivity contribution in [3.8, 4) is 0 Å². The van der Waals surface area contributed by atoms with Crippen LogP contribution < -0.4 is 11.3 Å². The monoisotopic (exact) mass is 327 g/mol. The van der Waals surface area contributed by atoms with E-state index >= 15 is 0 Å². The highest BCUT2D eigenvalue weighted by Gasteiger charge is 2.41. The van der Waals surface area contributed by atoms with E-state index in [4.69, 9.17) is 10.6 Å². The van der Waals surface area contributed by atoms with Crippen LogP contribution in [0.1, 0.15) is 38.2 Å². The highest BCUT2D eigenvalue weighted by molar-refractivity contribution is 9.10. The average Bonchev–Trinajstić information content (AvgIpc) is 2.86. The zero-order chi connectivity index (χ0) is 13.7. The van der Waals surface area contributed by atoms with Crippen LogP contribution in [0.25, 0.3) is 0 Å². The minimum Gasteiger partial charge on any atom is -0.374 e. The summed E-state index contributed by atoms with van der Waals surface area (Å²) in [7, 11) is 0. The molecule has 1 heterocycles. The molecule has 0 bridgehead atoms. The van der Waals surface area contributed by atoms with E-state index in [1.165, 1.54) is 18.4 Å². The second-order valence-electron chi connectivity index (χ2n) is 5.14. The summed E-state index contributed by atoms with van der Waals surface area (Å²) in [4.78, 5) is 4.21. The van der Waals surface area contributed by atoms with Gasteiger partial charge < -0.3 is 4.74 Å². The van der Waals surface area contributed by atoms with Crippen LogP contribution in [0.5, 0.6) is 0 Å². The van der Waals surface area contributed by atoms with Crippen LogP contribution in [0.3, 0.4) is 0 Å². The molecule has 1 atom stereocenters. The zero-order valence-corrected chi connectivity index (χ0v) is 12.9. The minimum absolute atomic E-state index is 0.119. The summed E-state index contributed by atoms with van der Waals surface area (Å²) in [5.74, 6) is 5.79. The molecule has 4 nitrogen and oxygen atoms in total. The molecule has 5 heteroatoms. The SMILES string of the molecule is CCOC1(C(Cc2cncc(Br)c2)NN)CCCC1. The molecule has 1 aromatic heterocycles. The lowest BCUT2D eigenvalue weighted by atomic mass is 9.88. The Morgan fingerprint density at radius 1 is 1.47 bits per heavy atom. The molecule has 3 N–H and O–H groups in total. The predicted molar refractivity (Wildman–Crippen MR) is 79.6 cm³/mol. The number of hydrazine groups is 1. The highest BCUT2D eigenvalue weighted by atomic mass is 79.9. The summed E-state index contributed by atoms with van der Waals surface area (Å²) in [6.07, 6.45) is 9.12. The molecular weight excluding hydrogens is 306 g/mol. The van der Waals surface area contributed by atoms with Gasteiger partial charge in [-0.05, 0) is 53.7 Å². The van der Waals surface area contributed by atoms with Crippen molar-refractivity contribution in [1.82, 2.24) is 10.4 Å². The number of halogens is 1. The van der Waals surface area contributed by atoms with Gasteiger partial charge in [-0.25, -0.2) is 0 Å². The van der Waals surface area contributed by atoms with Crippen LogP contribution in [-0.4, -0.2) is 23.2 Å². The quantitative estimate of drug-likeness (QED) is 0.622. The lowest BCUT2D eigenvalue weighted by molar-refractivity contribution is -0.0613. The predicted octanol–water partition coefficient (Wildman–Crippen LogP) is 2.57.